The number of nitrogens with zero attached hydrogens (tertiary/aromatic N) is 1. The number of hydrogen-bond donors (Lipinski definition) is 2. The fraction of sp³-hybridized carbons (Fsp3) is 0.385. The molecule has 0 saturated carbocycles. The molecule has 0 heterocycles. The number of benzene rings is 1. The fourth-order valence-corrected chi connectivity index (χ4v) is 1.59. The molecule has 2 N–H and O–H groups in total. The average molecular weight is 296 g/mol. The van der Waals surface area contributed by atoms with Gasteiger partial charge in [-0.25, -0.2) is 0 Å². The van der Waals surface area contributed by atoms with Crippen LogP contribution in [0.15, 0.2) is 18.2 Å². The lowest BCUT2D eigenvalue weighted by molar-refractivity contribution is -0.385. The van der Waals surface area contributed by atoms with Crippen molar-refractivity contribution in [2.24, 2.45) is 0 Å². The largest absolute Gasteiger partial charge is 0.502 e. The van der Waals surface area contributed by atoms with Gasteiger partial charge in [0.05, 0.1) is 11.5 Å². The molecule has 0 atom stereocenters. The minimum Gasteiger partial charge on any atom is -0.502 e. The number of amides is 1. The van der Waals surface area contributed by atoms with E-state index in [1.54, 1.807) is 6.92 Å². The van der Waals surface area contributed by atoms with E-state index in [0.29, 0.717) is 13.0 Å². The molecule has 0 aliphatic rings. The van der Waals surface area contributed by atoms with Gasteiger partial charge < -0.3 is 15.2 Å². The summed E-state index contributed by atoms with van der Waals surface area (Å²) in [6.07, 6.45) is 0.614. The Labute approximate surface area is 120 Å². The van der Waals surface area contributed by atoms with Crippen LogP contribution >= 0.6 is 0 Å². The molecule has 8 nitrogen and oxygen atoms in total. The third-order valence-electron chi connectivity index (χ3n) is 2.58. The maximum absolute atomic E-state index is 11.7. The molecule has 0 radical (unpaired) electrons. The van der Waals surface area contributed by atoms with Gasteiger partial charge in [-0.05, 0) is 25.5 Å². The number of nitrogens with one attached hydrogen (secondary N) is 1. The van der Waals surface area contributed by atoms with Crippen LogP contribution in [0, 0.1) is 10.1 Å². The van der Waals surface area contributed by atoms with Gasteiger partial charge in [-0.3, -0.25) is 19.7 Å². The molecule has 0 spiro atoms. The number of phenolic OH excluding ortho intramolecular Hbond substituents is 1. The number of ether oxygens (including phenoxy) is 1. The number of nitro benzene ring substituents is 1. The van der Waals surface area contributed by atoms with E-state index < -0.39 is 22.3 Å². The standard InChI is InChI=1S/C13H16N2O6/c1-2-21-12(17)4-3-7-14-13(18)9-5-6-10(15(19)20)11(16)8-9/h5-6,8,16H,2-4,7H2,1H3,(H,14,18). The Morgan fingerprint density at radius 2 is 2.14 bits per heavy atom. The maximum atomic E-state index is 11.7. The zero-order valence-corrected chi connectivity index (χ0v) is 11.5. The number of rotatable bonds is 7. The molecule has 0 aromatic heterocycles. The van der Waals surface area contributed by atoms with Gasteiger partial charge >= 0.3 is 11.7 Å². The van der Waals surface area contributed by atoms with Crippen LogP contribution in [0.4, 0.5) is 5.69 Å². The van der Waals surface area contributed by atoms with Crippen LogP contribution in [0.2, 0.25) is 0 Å². The van der Waals surface area contributed by atoms with Gasteiger partial charge in [0, 0.05) is 24.6 Å². The van der Waals surface area contributed by atoms with Crippen molar-refractivity contribution >= 4 is 17.6 Å². The van der Waals surface area contributed by atoms with E-state index in [1.165, 1.54) is 6.07 Å². The lowest BCUT2D eigenvalue weighted by atomic mass is 10.1. The fourth-order valence-electron chi connectivity index (χ4n) is 1.59. The van der Waals surface area contributed by atoms with E-state index in [4.69, 9.17) is 4.74 Å². The first kappa shape index (κ1) is 16.4. The van der Waals surface area contributed by atoms with Gasteiger partial charge in [0.1, 0.15) is 0 Å². The first-order valence-electron chi connectivity index (χ1n) is 6.37. The molecule has 0 unspecified atom stereocenters. The van der Waals surface area contributed by atoms with E-state index in [1.807, 2.05) is 0 Å². The molecular weight excluding hydrogens is 280 g/mol. The lowest BCUT2D eigenvalue weighted by Crippen LogP contribution is -2.25. The monoisotopic (exact) mass is 296 g/mol. The number of carbonyl (C=O) groups is 2. The topological polar surface area (TPSA) is 119 Å². The molecule has 114 valence electrons. The predicted octanol–water partition coefficient (Wildman–Crippen LogP) is 1.37. The number of esters is 1. The third-order valence-corrected chi connectivity index (χ3v) is 2.58. The molecule has 0 fully saturated rings. The molecule has 0 aliphatic heterocycles. The van der Waals surface area contributed by atoms with Crippen LogP contribution in [-0.2, 0) is 9.53 Å². The van der Waals surface area contributed by atoms with E-state index in [2.05, 4.69) is 5.32 Å². The van der Waals surface area contributed by atoms with Crippen LogP contribution < -0.4 is 5.32 Å². The summed E-state index contributed by atoms with van der Waals surface area (Å²) in [4.78, 5) is 32.6. The van der Waals surface area contributed by atoms with Gasteiger partial charge in [-0.2, -0.15) is 0 Å². The smallest absolute Gasteiger partial charge is 0.310 e. The van der Waals surface area contributed by atoms with Gasteiger partial charge in [0.15, 0.2) is 5.75 Å². The highest BCUT2D eigenvalue weighted by atomic mass is 16.6. The number of phenols is 1. The van der Waals surface area contributed by atoms with Crippen LogP contribution in [-0.4, -0.2) is 35.1 Å². The molecule has 1 rings (SSSR count). The summed E-state index contributed by atoms with van der Waals surface area (Å²) < 4.78 is 4.74. The SMILES string of the molecule is CCOC(=O)CCCNC(=O)c1ccc([N+](=O)[O-])c(O)c1. The van der Waals surface area contributed by atoms with E-state index in [-0.39, 0.29) is 24.5 Å². The van der Waals surface area contributed by atoms with Crippen molar-refractivity contribution in [3.8, 4) is 5.75 Å². The molecule has 21 heavy (non-hydrogen) atoms. The Bertz CT molecular complexity index is 543. The summed E-state index contributed by atoms with van der Waals surface area (Å²) in [6.45, 7) is 2.28. The van der Waals surface area contributed by atoms with Gasteiger partial charge in [0.25, 0.3) is 5.91 Å². The van der Waals surface area contributed by atoms with Crippen molar-refractivity contribution in [3.63, 3.8) is 0 Å². The van der Waals surface area contributed by atoms with Crippen LogP contribution in [0.3, 0.4) is 0 Å². The van der Waals surface area contributed by atoms with Crippen molar-refractivity contribution in [3.05, 3.63) is 33.9 Å². The Hall–Kier alpha value is -2.64. The second-order valence-corrected chi connectivity index (χ2v) is 4.13. The first-order valence-corrected chi connectivity index (χ1v) is 6.37. The summed E-state index contributed by atoms with van der Waals surface area (Å²) in [5.41, 5.74) is -0.358. The highest BCUT2D eigenvalue weighted by Crippen LogP contribution is 2.26. The highest BCUT2D eigenvalue weighted by Gasteiger charge is 2.15. The first-order chi connectivity index (χ1) is 9.95. The Balaban J connectivity index is 2.47. The van der Waals surface area contributed by atoms with Crippen LogP contribution in [0.1, 0.15) is 30.1 Å². The summed E-state index contributed by atoms with van der Waals surface area (Å²) >= 11 is 0. The van der Waals surface area contributed by atoms with Crippen molar-refractivity contribution in [2.75, 3.05) is 13.2 Å². The quantitative estimate of drug-likeness (QED) is 0.339. The molecule has 1 aromatic rings. The van der Waals surface area contributed by atoms with Crippen molar-refractivity contribution in [1.29, 1.82) is 0 Å². The van der Waals surface area contributed by atoms with Crippen molar-refractivity contribution in [1.82, 2.24) is 5.32 Å². The second kappa shape index (κ2) is 7.83. The lowest BCUT2D eigenvalue weighted by Gasteiger charge is -2.06. The molecule has 1 amide bonds. The number of nitro groups is 1. The molecule has 0 aliphatic carbocycles. The number of carbonyl (C=O) groups excluding carboxylic acids is 2. The van der Waals surface area contributed by atoms with Gasteiger partial charge in [-0.1, -0.05) is 0 Å². The maximum Gasteiger partial charge on any atom is 0.310 e. The van der Waals surface area contributed by atoms with Crippen LogP contribution in [0.25, 0.3) is 0 Å². The molecular formula is C13H16N2O6. The van der Waals surface area contributed by atoms with E-state index >= 15 is 0 Å². The average Bonchev–Trinajstić information content (AvgIpc) is 2.43. The van der Waals surface area contributed by atoms with Crippen molar-refractivity contribution < 1.29 is 24.4 Å². The minimum atomic E-state index is -0.740. The summed E-state index contributed by atoms with van der Waals surface area (Å²) in [7, 11) is 0. The highest BCUT2D eigenvalue weighted by molar-refractivity contribution is 5.95. The zero-order valence-electron chi connectivity index (χ0n) is 11.5. The zero-order chi connectivity index (χ0) is 15.8. The third kappa shape index (κ3) is 5.09. The predicted molar refractivity (Wildman–Crippen MR) is 73.0 cm³/mol. The van der Waals surface area contributed by atoms with E-state index in [0.717, 1.165) is 12.1 Å². The van der Waals surface area contributed by atoms with Crippen LogP contribution in [0.5, 0.6) is 5.75 Å². The molecule has 8 heteroatoms. The summed E-state index contributed by atoms with van der Waals surface area (Å²) in [5, 5.41) is 22.5. The van der Waals surface area contributed by atoms with Gasteiger partial charge in [0.2, 0.25) is 0 Å². The Morgan fingerprint density at radius 1 is 1.43 bits per heavy atom. The summed E-state index contributed by atoms with van der Waals surface area (Å²) in [5.74, 6) is -1.39. The van der Waals surface area contributed by atoms with Crippen molar-refractivity contribution in [2.45, 2.75) is 19.8 Å². The summed E-state index contributed by atoms with van der Waals surface area (Å²) in [6, 6.07) is 3.33. The second-order valence-electron chi connectivity index (χ2n) is 4.13. The molecule has 0 bridgehead atoms. The number of aromatic hydroxyl groups is 1. The molecule has 1 aromatic carbocycles. The normalized spacial score (nSPS) is 9.95. The minimum absolute atomic E-state index is 0.106. The Kier molecular flexibility index (Phi) is 6.12. The van der Waals surface area contributed by atoms with E-state index in [9.17, 15) is 24.8 Å². The number of hydrogen-bond acceptors (Lipinski definition) is 6. The Morgan fingerprint density at radius 3 is 2.71 bits per heavy atom. The van der Waals surface area contributed by atoms with Gasteiger partial charge in [-0.15, -0.1) is 0 Å². The molecule has 0 saturated heterocycles.